The quantitative estimate of drug-likeness (QED) is 0.899. The van der Waals surface area contributed by atoms with E-state index in [2.05, 4.69) is 20.7 Å². The van der Waals surface area contributed by atoms with Gasteiger partial charge in [0.05, 0.1) is 10.6 Å². The first kappa shape index (κ1) is 15.1. The third-order valence-corrected chi connectivity index (χ3v) is 5.29. The number of nitrogens with one attached hydrogen (secondary N) is 1. The number of rotatable bonds is 3. The summed E-state index contributed by atoms with van der Waals surface area (Å²) in [6, 6.07) is 10.8. The fraction of sp³-hybridized carbons (Fsp3) is 0.200. The van der Waals surface area contributed by atoms with E-state index >= 15 is 0 Å². The molecule has 0 fully saturated rings. The average Bonchev–Trinajstić information content (AvgIpc) is 2.37. The third-order valence-electron chi connectivity index (χ3n) is 3.29. The zero-order valence-electron chi connectivity index (χ0n) is 11.6. The monoisotopic (exact) mass is 353 g/mol. The van der Waals surface area contributed by atoms with Crippen molar-refractivity contribution in [2.45, 2.75) is 25.7 Å². The van der Waals surface area contributed by atoms with E-state index in [1.165, 1.54) is 0 Å². The van der Waals surface area contributed by atoms with Crippen LogP contribution in [0.4, 0.5) is 5.69 Å². The van der Waals surface area contributed by atoms with Crippen molar-refractivity contribution in [1.82, 2.24) is 0 Å². The Bertz CT molecular complexity index is 754. The molecule has 0 aliphatic carbocycles. The smallest absolute Gasteiger partial charge is 0.262 e. The van der Waals surface area contributed by atoms with Crippen LogP contribution in [0.25, 0.3) is 0 Å². The first-order valence-corrected chi connectivity index (χ1v) is 8.44. The van der Waals surface area contributed by atoms with Crippen LogP contribution in [-0.2, 0) is 10.0 Å². The molecule has 0 atom stereocenters. The molecule has 0 amide bonds. The van der Waals surface area contributed by atoms with Crippen LogP contribution in [0.3, 0.4) is 0 Å². The summed E-state index contributed by atoms with van der Waals surface area (Å²) in [4.78, 5) is 0.285. The topological polar surface area (TPSA) is 46.2 Å². The first-order valence-electron chi connectivity index (χ1n) is 6.16. The van der Waals surface area contributed by atoms with Gasteiger partial charge in [0.25, 0.3) is 10.0 Å². The third kappa shape index (κ3) is 3.04. The molecule has 2 rings (SSSR count). The molecule has 0 aromatic heterocycles. The van der Waals surface area contributed by atoms with Gasteiger partial charge in [0.15, 0.2) is 0 Å². The van der Waals surface area contributed by atoms with E-state index < -0.39 is 10.0 Å². The predicted octanol–water partition coefficient (Wildman–Crippen LogP) is 4.18. The SMILES string of the molecule is Cc1ccc(Br)cc1S(=O)(=O)Nc1cccc(C)c1C. The second kappa shape index (κ2) is 5.58. The van der Waals surface area contributed by atoms with Gasteiger partial charge in [-0.25, -0.2) is 8.42 Å². The van der Waals surface area contributed by atoms with E-state index in [0.717, 1.165) is 15.6 Å². The minimum atomic E-state index is -3.59. The zero-order valence-corrected chi connectivity index (χ0v) is 14.0. The summed E-state index contributed by atoms with van der Waals surface area (Å²) in [5.74, 6) is 0. The molecule has 0 saturated heterocycles. The highest BCUT2D eigenvalue weighted by Gasteiger charge is 2.18. The molecule has 0 unspecified atom stereocenters. The van der Waals surface area contributed by atoms with E-state index in [4.69, 9.17) is 0 Å². The molecule has 0 heterocycles. The van der Waals surface area contributed by atoms with Crippen LogP contribution >= 0.6 is 15.9 Å². The molecular formula is C15H16BrNO2S. The lowest BCUT2D eigenvalue weighted by Gasteiger charge is -2.13. The van der Waals surface area contributed by atoms with Crippen molar-refractivity contribution in [1.29, 1.82) is 0 Å². The molecule has 0 bridgehead atoms. The molecule has 0 aliphatic heterocycles. The van der Waals surface area contributed by atoms with Gasteiger partial charge in [0, 0.05) is 4.47 Å². The maximum absolute atomic E-state index is 12.5. The maximum Gasteiger partial charge on any atom is 0.262 e. The largest absolute Gasteiger partial charge is 0.279 e. The standard InChI is InChI=1S/C15H16BrNO2S/c1-10-5-4-6-14(12(10)3)17-20(18,19)15-9-13(16)8-7-11(15)2/h4-9,17H,1-3H3. The Morgan fingerprint density at radius 2 is 1.70 bits per heavy atom. The molecule has 20 heavy (non-hydrogen) atoms. The van der Waals surface area contributed by atoms with Crippen molar-refractivity contribution < 1.29 is 8.42 Å². The van der Waals surface area contributed by atoms with E-state index in [9.17, 15) is 8.42 Å². The molecule has 3 nitrogen and oxygen atoms in total. The van der Waals surface area contributed by atoms with Crippen LogP contribution in [0.1, 0.15) is 16.7 Å². The van der Waals surface area contributed by atoms with Gasteiger partial charge in [-0.05, 0) is 55.7 Å². The fourth-order valence-electron chi connectivity index (χ4n) is 1.92. The average molecular weight is 354 g/mol. The number of hydrogen-bond acceptors (Lipinski definition) is 2. The number of anilines is 1. The molecule has 106 valence electrons. The Hall–Kier alpha value is -1.33. The Balaban J connectivity index is 2.46. The van der Waals surface area contributed by atoms with Gasteiger partial charge in [0.1, 0.15) is 0 Å². The summed E-state index contributed by atoms with van der Waals surface area (Å²) in [5, 5.41) is 0. The number of halogens is 1. The normalized spacial score (nSPS) is 11.4. The van der Waals surface area contributed by atoms with Crippen LogP contribution in [0.2, 0.25) is 0 Å². The highest BCUT2D eigenvalue weighted by Crippen LogP contribution is 2.25. The lowest BCUT2D eigenvalue weighted by molar-refractivity contribution is 0.600. The highest BCUT2D eigenvalue weighted by atomic mass is 79.9. The molecule has 0 aliphatic rings. The summed E-state index contributed by atoms with van der Waals surface area (Å²) in [6.07, 6.45) is 0. The molecule has 5 heteroatoms. The van der Waals surface area contributed by atoms with Gasteiger partial charge < -0.3 is 0 Å². The Kier molecular flexibility index (Phi) is 4.20. The van der Waals surface area contributed by atoms with Crippen molar-refractivity contribution in [2.24, 2.45) is 0 Å². The van der Waals surface area contributed by atoms with Crippen LogP contribution in [-0.4, -0.2) is 8.42 Å². The van der Waals surface area contributed by atoms with Crippen LogP contribution in [0, 0.1) is 20.8 Å². The fourth-order valence-corrected chi connectivity index (χ4v) is 3.83. The lowest BCUT2D eigenvalue weighted by Crippen LogP contribution is -2.15. The Morgan fingerprint density at radius 3 is 2.40 bits per heavy atom. The molecule has 2 aromatic rings. The van der Waals surface area contributed by atoms with Gasteiger partial charge in [-0.1, -0.05) is 34.1 Å². The van der Waals surface area contributed by atoms with Crippen molar-refractivity contribution in [2.75, 3.05) is 4.72 Å². The number of sulfonamides is 1. The minimum absolute atomic E-state index is 0.285. The van der Waals surface area contributed by atoms with Gasteiger partial charge >= 0.3 is 0 Å². The summed E-state index contributed by atoms with van der Waals surface area (Å²) < 4.78 is 28.4. The van der Waals surface area contributed by atoms with Crippen molar-refractivity contribution in [3.05, 3.63) is 57.6 Å². The van der Waals surface area contributed by atoms with Crippen molar-refractivity contribution in [3.8, 4) is 0 Å². The first-order chi connectivity index (χ1) is 9.31. The Morgan fingerprint density at radius 1 is 1.00 bits per heavy atom. The van der Waals surface area contributed by atoms with Crippen molar-refractivity contribution in [3.63, 3.8) is 0 Å². The van der Waals surface area contributed by atoms with Gasteiger partial charge in [-0.3, -0.25) is 4.72 Å². The highest BCUT2D eigenvalue weighted by molar-refractivity contribution is 9.10. The molecule has 1 N–H and O–H groups in total. The molecule has 0 radical (unpaired) electrons. The lowest BCUT2D eigenvalue weighted by atomic mass is 10.1. The Labute approximate surface area is 128 Å². The number of aryl methyl sites for hydroxylation is 2. The second-order valence-electron chi connectivity index (χ2n) is 4.76. The summed E-state index contributed by atoms with van der Waals surface area (Å²) >= 11 is 3.31. The summed E-state index contributed by atoms with van der Waals surface area (Å²) in [7, 11) is -3.59. The van der Waals surface area contributed by atoms with E-state index in [1.807, 2.05) is 32.0 Å². The predicted molar refractivity (Wildman–Crippen MR) is 85.6 cm³/mol. The van der Waals surface area contributed by atoms with Gasteiger partial charge in [-0.15, -0.1) is 0 Å². The minimum Gasteiger partial charge on any atom is -0.279 e. The zero-order chi connectivity index (χ0) is 14.9. The number of hydrogen-bond donors (Lipinski definition) is 1. The van der Waals surface area contributed by atoms with Crippen molar-refractivity contribution >= 4 is 31.6 Å². The second-order valence-corrected chi connectivity index (χ2v) is 7.33. The molecular weight excluding hydrogens is 338 g/mol. The van der Waals surface area contributed by atoms with Crippen LogP contribution < -0.4 is 4.72 Å². The summed E-state index contributed by atoms with van der Waals surface area (Å²) in [5.41, 5.74) is 3.32. The van der Waals surface area contributed by atoms with E-state index in [0.29, 0.717) is 11.3 Å². The van der Waals surface area contributed by atoms with E-state index in [-0.39, 0.29) is 4.90 Å². The van der Waals surface area contributed by atoms with Crippen LogP contribution in [0.15, 0.2) is 45.8 Å². The summed E-state index contributed by atoms with van der Waals surface area (Å²) in [6.45, 7) is 5.64. The number of benzene rings is 2. The molecule has 0 spiro atoms. The van der Waals surface area contributed by atoms with Gasteiger partial charge in [-0.2, -0.15) is 0 Å². The molecule has 0 saturated carbocycles. The molecule has 2 aromatic carbocycles. The van der Waals surface area contributed by atoms with Crippen LogP contribution in [0.5, 0.6) is 0 Å². The van der Waals surface area contributed by atoms with Gasteiger partial charge in [0.2, 0.25) is 0 Å². The maximum atomic E-state index is 12.5. The van der Waals surface area contributed by atoms with E-state index in [1.54, 1.807) is 25.1 Å².